The third-order valence-electron chi connectivity index (χ3n) is 3.13. The number of likely N-dealkylation sites (N-methyl/N-ethyl adjacent to an activating group) is 1. The van der Waals surface area contributed by atoms with Crippen molar-refractivity contribution in [2.24, 2.45) is 11.7 Å². The first-order valence-electron chi connectivity index (χ1n) is 4.25. The SMILES string of the molecule is CN1C2CC2CC[C@H]1CN. The number of piperidine rings is 1. The van der Waals surface area contributed by atoms with Crippen LogP contribution in [-0.4, -0.2) is 30.6 Å². The highest BCUT2D eigenvalue weighted by molar-refractivity contribution is 5.00. The van der Waals surface area contributed by atoms with Crippen LogP contribution in [0.3, 0.4) is 0 Å². The maximum Gasteiger partial charge on any atom is 0.0218 e. The van der Waals surface area contributed by atoms with Crippen LogP contribution in [0.1, 0.15) is 19.3 Å². The fraction of sp³-hybridized carbons (Fsp3) is 1.00. The molecule has 0 aromatic rings. The minimum Gasteiger partial charge on any atom is -0.329 e. The van der Waals surface area contributed by atoms with Gasteiger partial charge in [-0.1, -0.05) is 0 Å². The Morgan fingerprint density at radius 3 is 3.00 bits per heavy atom. The summed E-state index contributed by atoms with van der Waals surface area (Å²) in [7, 11) is 2.22. The Morgan fingerprint density at radius 1 is 1.50 bits per heavy atom. The molecule has 0 aromatic heterocycles. The van der Waals surface area contributed by atoms with Crippen molar-refractivity contribution >= 4 is 0 Å². The van der Waals surface area contributed by atoms with Gasteiger partial charge < -0.3 is 5.73 Å². The molecule has 2 N–H and O–H groups in total. The number of likely N-dealkylation sites (tertiary alicyclic amines) is 1. The van der Waals surface area contributed by atoms with Gasteiger partial charge in [0.15, 0.2) is 0 Å². The lowest BCUT2D eigenvalue weighted by molar-refractivity contribution is 0.179. The second-order valence-corrected chi connectivity index (χ2v) is 3.70. The predicted molar refractivity (Wildman–Crippen MR) is 41.7 cm³/mol. The third-order valence-corrected chi connectivity index (χ3v) is 3.13. The lowest BCUT2D eigenvalue weighted by Crippen LogP contribution is -2.42. The zero-order valence-electron chi connectivity index (χ0n) is 6.59. The molecule has 0 amide bonds. The quantitative estimate of drug-likeness (QED) is 0.572. The van der Waals surface area contributed by atoms with Crippen LogP contribution in [0.2, 0.25) is 0 Å². The van der Waals surface area contributed by atoms with Gasteiger partial charge in [0.2, 0.25) is 0 Å². The van der Waals surface area contributed by atoms with E-state index in [0.717, 1.165) is 18.5 Å². The number of hydrogen-bond donors (Lipinski definition) is 1. The summed E-state index contributed by atoms with van der Waals surface area (Å²) < 4.78 is 0. The molecule has 0 radical (unpaired) electrons. The molecule has 1 heterocycles. The minimum absolute atomic E-state index is 0.684. The highest BCUT2D eigenvalue weighted by atomic mass is 15.2. The van der Waals surface area contributed by atoms with Crippen LogP contribution in [0.4, 0.5) is 0 Å². The van der Waals surface area contributed by atoms with Crippen LogP contribution in [0.25, 0.3) is 0 Å². The smallest absolute Gasteiger partial charge is 0.0218 e. The molecule has 2 unspecified atom stereocenters. The Balaban J connectivity index is 1.97. The van der Waals surface area contributed by atoms with Crippen molar-refractivity contribution in [1.29, 1.82) is 0 Å². The van der Waals surface area contributed by atoms with E-state index >= 15 is 0 Å². The summed E-state index contributed by atoms with van der Waals surface area (Å²) in [6.45, 7) is 0.847. The number of hydrogen-bond acceptors (Lipinski definition) is 2. The van der Waals surface area contributed by atoms with Crippen LogP contribution in [-0.2, 0) is 0 Å². The van der Waals surface area contributed by atoms with E-state index in [0.29, 0.717) is 6.04 Å². The molecule has 2 nitrogen and oxygen atoms in total. The molecule has 1 aliphatic heterocycles. The van der Waals surface area contributed by atoms with E-state index in [1.165, 1.54) is 19.3 Å². The standard InChI is InChI=1S/C8H16N2/c1-10-7(5-9)3-2-6-4-8(6)10/h6-8H,2-5,9H2,1H3/t6?,7-,8?/m0/s1. The van der Waals surface area contributed by atoms with Crippen molar-refractivity contribution in [2.75, 3.05) is 13.6 Å². The van der Waals surface area contributed by atoms with Crippen molar-refractivity contribution in [3.63, 3.8) is 0 Å². The number of nitrogens with two attached hydrogens (primary N) is 1. The summed E-state index contributed by atoms with van der Waals surface area (Å²) in [6, 6.07) is 1.59. The topological polar surface area (TPSA) is 29.3 Å². The van der Waals surface area contributed by atoms with Gasteiger partial charge in [-0.05, 0) is 32.2 Å². The molecule has 0 bridgehead atoms. The van der Waals surface area contributed by atoms with E-state index in [4.69, 9.17) is 5.73 Å². The summed E-state index contributed by atoms with van der Waals surface area (Å²) in [5.41, 5.74) is 5.63. The second kappa shape index (κ2) is 2.21. The van der Waals surface area contributed by atoms with E-state index in [9.17, 15) is 0 Å². The van der Waals surface area contributed by atoms with Crippen molar-refractivity contribution in [1.82, 2.24) is 4.90 Å². The fourth-order valence-electron chi connectivity index (χ4n) is 2.21. The molecule has 10 heavy (non-hydrogen) atoms. The zero-order valence-corrected chi connectivity index (χ0v) is 6.59. The molecule has 2 heteroatoms. The van der Waals surface area contributed by atoms with E-state index in [2.05, 4.69) is 11.9 Å². The van der Waals surface area contributed by atoms with E-state index in [-0.39, 0.29) is 0 Å². The molecule has 0 spiro atoms. The highest BCUT2D eigenvalue weighted by Gasteiger charge is 2.45. The molecule has 2 aliphatic rings. The van der Waals surface area contributed by atoms with E-state index < -0.39 is 0 Å². The third kappa shape index (κ3) is 0.867. The summed E-state index contributed by atoms with van der Waals surface area (Å²) in [6.07, 6.45) is 4.19. The molecule has 3 atom stereocenters. The highest BCUT2D eigenvalue weighted by Crippen LogP contribution is 2.44. The van der Waals surface area contributed by atoms with Gasteiger partial charge in [0.25, 0.3) is 0 Å². The van der Waals surface area contributed by atoms with Gasteiger partial charge in [0.05, 0.1) is 0 Å². The van der Waals surface area contributed by atoms with Gasteiger partial charge in [-0.25, -0.2) is 0 Å². The maximum absolute atomic E-state index is 5.63. The zero-order chi connectivity index (χ0) is 7.14. The molecule has 58 valence electrons. The summed E-state index contributed by atoms with van der Waals surface area (Å²) >= 11 is 0. The van der Waals surface area contributed by atoms with Gasteiger partial charge in [0.1, 0.15) is 0 Å². The minimum atomic E-state index is 0.684. The largest absolute Gasteiger partial charge is 0.329 e. The van der Waals surface area contributed by atoms with Crippen molar-refractivity contribution < 1.29 is 0 Å². The predicted octanol–water partition coefficient (Wildman–Crippen LogP) is 0.428. The fourth-order valence-corrected chi connectivity index (χ4v) is 2.21. The average Bonchev–Trinajstić information content (AvgIpc) is 2.68. The first kappa shape index (κ1) is 6.62. The number of fused-ring (bicyclic) bond motifs is 1. The molecule has 1 saturated carbocycles. The molecular formula is C8H16N2. The molecule has 1 saturated heterocycles. The normalized spacial score (nSPS) is 46.8. The van der Waals surface area contributed by atoms with E-state index in [1.807, 2.05) is 0 Å². The summed E-state index contributed by atoms with van der Waals surface area (Å²) in [5, 5.41) is 0. The monoisotopic (exact) mass is 140 g/mol. The Hall–Kier alpha value is -0.0800. The number of rotatable bonds is 1. The van der Waals surface area contributed by atoms with Crippen LogP contribution in [0, 0.1) is 5.92 Å². The van der Waals surface area contributed by atoms with Gasteiger partial charge in [0, 0.05) is 18.6 Å². The van der Waals surface area contributed by atoms with Gasteiger partial charge in [-0.2, -0.15) is 0 Å². The van der Waals surface area contributed by atoms with E-state index in [1.54, 1.807) is 0 Å². The Morgan fingerprint density at radius 2 is 2.30 bits per heavy atom. The Bertz CT molecular complexity index is 135. The number of nitrogens with zero attached hydrogens (tertiary/aromatic N) is 1. The summed E-state index contributed by atoms with van der Waals surface area (Å²) in [5.74, 6) is 1.03. The molecule has 0 aromatic carbocycles. The van der Waals surface area contributed by atoms with Gasteiger partial charge in [-0.15, -0.1) is 0 Å². The first-order valence-corrected chi connectivity index (χ1v) is 4.25. The van der Waals surface area contributed by atoms with Gasteiger partial charge >= 0.3 is 0 Å². The van der Waals surface area contributed by atoms with Gasteiger partial charge in [-0.3, -0.25) is 4.90 Å². The lowest BCUT2D eigenvalue weighted by Gasteiger charge is -2.31. The first-order chi connectivity index (χ1) is 4.83. The lowest BCUT2D eigenvalue weighted by atomic mass is 10.0. The van der Waals surface area contributed by atoms with Crippen LogP contribution < -0.4 is 5.73 Å². The Kier molecular flexibility index (Phi) is 1.46. The average molecular weight is 140 g/mol. The van der Waals surface area contributed by atoms with Crippen LogP contribution >= 0.6 is 0 Å². The summed E-state index contributed by atoms with van der Waals surface area (Å²) in [4.78, 5) is 2.48. The molecule has 2 fully saturated rings. The molecular weight excluding hydrogens is 124 g/mol. The van der Waals surface area contributed by atoms with Crippen molar-refractivity contribution in [2.45, 2.75) is 31.3 Å². The molecule has 2 rings (SSSR count). The maximum atomic E-state index is 5.63. The Labute approximate surface area is 62.4 Å². The van der Waals surface area contributed by atoms with Crippen molar-refractivity contribution in [3.8, 4) is 0 Å². The van der Waals surface area contributed by atoms with Crippen molar-refractivity contribution in [3.05, 3.63) is 0 Å². The van der Waals surface area contributed by atoms with Crippen LogP contribution in [0.15, 0.2) is 0 Å². The van der Waals surface area contributed by atoms with Crippen LogP contribution in [0.5, 0.6) is 0 Å². The molecule has 1 aliphatic carbocycles. The second-order valence-electron chi connectivity index (χ2n) is 3.70.